The highest BCUT2D eigenvalue weighted by Gasteiger charge is 2.39. The Bertz CT molecular complexity index is 2460. The summed E-state index contributed by atoms with van der Waals surface area (Å²) >= 11 is 6.84. The van der Waals surface area contributed by atoms with Gasteiger partial charge in [0.1, 0.15) is 35.0 Å². The molecule has 18 nitrogen and oxygen atoms in total. The molecule has 352 valence electrons. The molecule has 2 amide bonds. The Morgan fingerprint density at radius 3 is 1.72 bits per heavy atom. The van der Waals surface area contributed by atoms with Crippen molar-refractivity contribution in [2.24, 2.45) is 0 Å². The molecular weight excluding hydrogens is 921 g/mol. The molecule has 0 spiro atoms. The second-order valence-corrected chi connectivity index (χ2v) is 13.1. The lowest BCUT2D eigenvalue weighted by Crippen LogP contribution is -2.22. The van der Waals surface area contributed by atoms with Crippen molar-refractivity contribution in [3.63, 3.8) is 0 Å². The van der Waals surface area contributed by atoms with Crippen LogP contribution in [0.4, 0.5) is 45.3 Å². The average molecular weight is 956 g/mol. The first-order valence-corrected chi connectivity index (χ1v) is 18.0. The number of nitrogens with zero attached hydrogens (tertiary/aromatic N) is 7. The molecule has 0 bridgehead atoms. The van der Waals surface area contributed by atoms with Gasteiger partial charge in [-0.3, -0.25) is 19.6 Å². The van der Waals surface area contributed by atoms with Crippen molar-refractivity contribution in [2.45, 2.75) is 45.3 Å². The number of amides is 2. The summed E-state index contributed by atoms with van der Waals surface area (Å²) in [6.45, 7) is 6.18. The number of nitrogens with one attached hydrogen (secondary N) is 1. The number of carbonyl (C=O) groups is 5. The zero-order valence-corrected chi connectivity index (χ0v) is 34.9. The smallest absolute Gasteiger partial charge is 0.490 e. The topological polar surface area (TPSA) is 266 Å². The summed E-state index contributed by atoms with van der Waals surface area (Å²) in [6.07, 6.45) is -10.6. The van der Waals surface area contributed by atoms with Gasteiger partial charge >= 0.3 is 36.4 Å². The minimum absolute atomic E-state index is 0.195. The van der Waals surface area contributed by atoms with E-state index in [-0.39, 0.29) is 23.3 Å². The third-order valence-electron chi connectivity index (χ3n) is 8.03. The number of nitrogen functional groups attached to an aromatic ring is 1. The van der Waals surface area contributed by atoms with Gasteiger partial charge in [0, 0.05) is 60.8 Å². The van der Waals surface area contributed by atoms with Gasteiger partial charge in [-0.2, -0.15) is 44.6 Å². The van der Waals surface area contributed by atoms with Crippen LogP contribution in [0.5, 0.6) is 5.75 Å². The first-order chi connectivity index (χ1) is 29.9. The van der Waals surface area contributed by atoms with Crippen LogP contribution < -0.4 is 15.8 Å². The fraction of sp³-hybridized carbons (Fsp3) is 0.297. The van der Waals surface area contributed by atoms with Gasteiger partial charge < -0.3 is 36.0 Å². The van der Waals surface area contributed by atoms with Crippen LogP contribution in [0.15, 0.2) is 49.1 Å². The van der Waals surface area contributed by atoms with E-state index in [0.29, 0.717) is 45.4 Å². The van der Waals surface area contributed by atoms with Crippen LogP contribution in [0.1, 0.15) is 52.0 Å². The zero-order valence-electron chi connectivity index (χ0n) is 34.2. The lowest BCUT2D eigenvalue weighted by atomic mass is 9.94. The first kappa shape index (κ1) is 53.8. The van der Waals surface area contributed by atoms with Gasteiger partial charge in [-0.15, -0.1) is 0 Å². The fourth-order valence-electron chi connectivity index (χ4n) is 5.00. The van der Waals surface area contributed by atoms with Crippen LogP contribution in [0.3, 0.4) is 0 Å². The molecular formula is C37H35ClF9N9O9. The molecule has 28 heteroatoms. The number of aliphatic carboxylic acids is 3. The molecule has 4 aromatic heterocycles. The van der Waals surface area contributed by atoms with Crippen LogP contribution in [-0.4, -0.2) is 126 Å². The number of alkyl halides is 9. The van der Waals surface area contributed by atoms with E-state index in [0.717, 1.165) is 22.3 Å². The number of hydrogen-bond donors (Lipinski definition) is 5. The molecule has 5 rings (SSSR count). The maximum Gasteiger partial charge on any atom is 0.490 e. The lowest BCUT2D eigenvalue weighted by molar-refractivity contribution is -0.193. The number of carbonyl (C=O) groups excluding carboxylic acids is 2. The van der Waals surface area contributed by atoms with E-state index in [1.165, 1.54) is 11.2 Å². The van der Waals surface area contributed by atoms with Crippen LogP contribution in [0.2, 0.25) is 5.02 Å². The number of nitrogens with two attached hydrogens (primary N) is 1. The van der Waals surface area contributed by atoms with Crippen LogP contribution in [-0.2, 0) is 14.4 Å². The monoisotopic (exact) mass is 955 g/mol. The summed E-state index contributed by atoms with van der Waals surface area (Å²) in [5.74, 6) is -7.90. The average Bonchev–Trinajstić information content (AvgIpc) is 3.62. The van der Waals surface area contributed by atoms with Gasteiger partial charge in [0.25, 0.3) is 11.8 Å². The van der Waals surface area contributed by atoms with Gasteiger partial charge in [-0.25, -0.2) is 29.0 Å². The number of rotatable bonds is 8. The van der Waals surface area contributed by atoms with Crippen molar-refractivity contribution in [2.75, 3.05) is 33.5 Å². The van der Waals surface area contributed by atoms with Crippen LogP contribution >= 0.6 is 11.6 Å². The van der Waals surface area contributed by atoms with Crippen molar-refractivity contribution in [3.8, 4) is 28.1 Å². The summed E-state index contributed by atoms with van der Waals surface area (Å²) < 4.78 is 103. The van der Waals surface area contributed by atoms with Gasteiger partial charge in [-0.1, -0.05) is 17.7 Å². The third-order valence-corrected chi connectivity index (χ3v) is 8.42. The largest absolute Gasteiger partial charge is 0.493 e. The minimum Gasteiger partial charge on any atom is -0.493 e. The molecule has 0 radical (unpaired) electrons. The highest BCUT2D eigenvalue weighted by Crippen LogP contribution is 2.44. The Morgan fingerprint density at radius 2 is 1.31 bits per heavy atom. The molecule has 0 aliphatic carbocycles. The third kappa shape index (κ3) is 14.1. The number of hydrogen-bond acceptors (Lipinski definition) is 12. The summed E-state index contributed by atoms with van der Waals surface area (Å²) in [4.78, 5) is 70.1. The van der Waals surface area contributed by atoms with E-state index in [2.05, 4.69) is 25.3 Å². The number of ether oxygens (including phenoxy) is 1. The minimum atomic E-state index is -5.08. The number of pyridine rings is 2. The molecule has 0 aliphatic heterocycles. The van der Waals surface area contributed by atoms with E-state index in [1.807, 2.05) is 32.9 Å². The Hall–Kier alpha value is -7.32. The first-order valence-electron chi connectivity index (χ1n) is 17.6. The summed E-state index contributed by atoms with van der Waals surface area (Å²) in [5, 5.41) is 30.0. The molecule has 4 heterocycles. The fourth-order valence-corrected chi connectivity index (χ4v) is 5.21. The van der Waals surface area contributed by atoms with E-state index < -0.39 is 42.5 Å². The van der Waals surface area contributed by atoms with Crippen molar-refractivity contribution in [1.82, 2.24) is 39.9 Å². The molecule has 0 saturated carbocycles. The zero-order chi connectivity index (χ0) is 49.9. The standard InChI is InChI=1S/C31H32ClN9O3.3C2HF3O2/c1-7-44-27-20(12-21(32)16(2)24(27)18-8-11-23(36-13-18)31(43)40(5)6)17(3)41-29-25(28(33)37-15-38-29)26(39-41)19-9-10-22(35-14-19)30(42)34-4;3*3-2(4,5)1(6)7/h8-15,17H,7H2,1-6H3,(H,34,42)(H2,33,37,38);3*(H,6,7). The molecule has 1 unspecified atom stereocenters. The molecule has 6 N–H and O–H groups in total. The molecule has 65 heavy (non-hydrogen) atoms. The van der Waals surface area contributed by atoms with Crippen LogP contribution in [0.25, 0.3) is 33.4 Å². The van der Waals surface area contributed by atoms with Crippen molar-refractivity contribution in [1.29, 1.82) is 0 Å². The number of aromatic nitrogens is 6. The maximum absolute atomic E-state index is 12.4. The van der Waals surface area contributed by atoms with Gasteiger partial charge in [0.15, 0.2) is 5.65 Å². The maximum atomic E-state index is 12.4. The lowest BCUT2D eigenvalue weighted by Gasteiger charge is -2.23. The van der Waals surface area contributed by atoms with Gasteiger partial charge in [-0.05, 0) is 50.6 Å². The highest BCUT2D eigenvalue weighted by molar-refractivity contribution is 6.32. The Kier molecular flexibility index (Phi) is 18.1. The second-order valence-electron chi connectivity index (χ2n) is 12.7. The highest BCUT2D eigenvalue weighted by atomic mass is 35.5. The van der Waals surface area contributed by atoms with E-state index in [1.54, 1.807) is 56.4 Å². The molecule has 0 aliphatic rings. The summed E-state index contributed by atoms with van der Waals surface area (Å²) in [7, 11) is 4.90. The normalized spacial score (nSPS) is 11.6. The number of carboxylic acid groups (broad SMARTS) is 3. The Morgan fingerprint density at radius 1 is 0.831 bits per heavy atom. The van der Waals surface area contributed by atoms with Crippen LogP contribution in [0, 0.1) is 6.92 Å². The van der Waals surface area contributed by atoms with Crippen molar-refractivity contribution in [3.05, 3.63) is 76.6 Å². The van der Waals surface area contributed by atoms with Crippen molar-refractivity contribution >= 4 is 58.2 Å². The van der Waals surface area contributed by atoms with E-state index >= 15 is 0 Å². The quantitative estimate of drug-likeness (QED) is 0.104. The van der Waals surface area contributed by atoms with Crippen molar-refractivity contribution < 1.29 is 83.5 Å². The molecule has 5 aromatic rings. The number of halogens is 10. The number of fused-ring (bicyclic) bond motifs is 1. The number of anilines is 1. The van der Waals surface area contributed by atoms with Gasteiger partial charge in [0.05, 0.1) is 18.0 Å². The van der Waals surface area contributed by atoms with E-state index in [9.17, 15) is 49.1 Å². The Labute approximate surface area is 364 Å². The predicted molar refractivity (Wildman–Crippen MR) is 210 cm³/mol. The molecule has 0 fully saturated rings. The molecule has 1 aromatic carbocycles. The van der Waals surface area contributed by atoms with Gasteiger partial charge in [0.2, 0.25) is 0 Å². The second kappa shape index (κ2) is 21.8. The summed E-state index contributed by atoms with van der Waals surface area (Å²) in [6, 6.07) is 8.33. The number of carboxylic acids is 3. The SMILES string of the molecule is CCOc1c(C(C)n2nc(-c3ccc(C(=O)NC)nc3)c3c(N)ncnc32)cc(Cl)c(C)c1-c1ccc(C(=O)N(C)C)nc1.O=C(O)C(F)(F)F.O=C(O)C(F)(F)F.O=C(O)C(F)(F)F. The Balaban J connectivity index is 0.000000571. The van der Waals surface area contributed by atoms with E-state index in [4.69, 9.17) is 56.9 Å². The number of benzene rings is 1. The predicted octanol–water partition coefficient (Wildman–Crippen LogP) is 6.46. The summed E-state index contributed by atoms with van der Waals surface area (Å²) in [5.41, 5.74) is 11.7. The molecule has 1 atom stereocenters. The molecule has 0 saturated heterocycles.